The first kappa shape index (κ1) is 23.0. The van der Waals surface area contributed by atoms with Crippen LogP contribution in [0.15, 0.2) is 4.99 Å². The maximum absolute atomic E-state index is 11.6. The molecule has 2 aliphatic heterocycles. The molecule has 162 valence electrons. The van der Waals surface area contributed by atoms with E-state index in [1.54, 1.807) is 7.05 Å². The fraction of sp³-hybridized carbons (Fsp3) is 0.909. The first-order chi connectivity index (χ1) is 13.5. The second-order valence-corrected chi connectivity index (χ2v) is 8.96. The third kappa shape index (κ3) is 7.98. The second kappa shape index (κ2) is 12.3. The molecule has 2 saturated heterocycles. The molecule has 0 radical (unpaired) electrons. The molecule has 0 bridgehead atoms. The fourth-order valence-corrected chi connectivity index (χ4v) is 4.75. The first-order valence-electron chi connectivity index (χ1n) is 11.5. The van der Waals surface area contributed by atoms with Gasteiger partial charge in [0.25, 0.3) is 0 Å². The third-order valence-electron chi connectivity index (χ3n) is 6.09. The number of aliphatic imine (C=N–C) groups is 1. The lowest BCUT2D eigenvalue weighted by atomic mass is 9.92. The molecule has 2 rings (SSSR count). The average molecular weight is 394 g/mol. The van der Waals surface area contributed by atoms with Crippen LogP contribution in [0.4, 0.5) is 0 Å². The topological polar surface area (TPSA) is 60.0 Å². The predicted molar refractivity (Wildman–Crippen MR) is 118 cm³/mol. The molecule has 6 heteroatoms. The van der Waals surface area contributed by atoms with E-state index in [-0.39, 0.29) is 5.91 Å². The number of carbonyl (C=O) groups is 1. The molecule has 0 spiro atoms. The Morgan fingerprint density at radius 1 is 1.11 bits per heavy atom. The highest BCUT2D eigenvalue weighted by Crippen LogP contribution is 2.22. The van der Waals surface area contributed by atoms with Crippen LogP contribution in [-0.2, 0) is 4.79 Å². The Labute approximate surface area is 172 Å². The standard InChI is InChI=1S/C22H43N5O/c1-5-24-22(27-12-8-20(9-13-27)15-21(28)23-4)25-10-6-7-11-26-16-18(2)14-19(3)17-26/h18-20H,5-17H2,1-4H3,(H,23,28)(H,24,25). The molecule has 0 saturated carbocycles. The van der Waals surface area contributed by atoms with Gasteiger partial charge in [0.05, 0.1) is 0 Å². The summed E-state index contributed by atoms with van der Waals surface area (Å²) in [6.45, 7) is 14.4. The quantitative estimate of drug-likeness (QED) is 0.378. The van der Waals surface area contributed by atoms with Gasteiger partial charge in [-0.3, -0.25) is 9.79 Å². The van der Waals surface area contributed by atoms with Crippen LogP contribution in [0.5, 0.6) is 0 Å². The Balaban J connectivity index is 1.70. The Morgan fingerprint density at radius 2 is 1.79 bits per heavy atom. The van der Waals surface area contributed by atoms with Gasteiger partial charge in [-0.1, -0.05) is 13.8 Å². The Bertz CT molecular complexity index is 477. The number of piperidine rings is 2. The van der Waals surface area contributed by atoms with Gasteiger partial charge in [0.1, 0.15) is 0 Å². The van der Waals surface area contributed by atoms with Crippen LogP contribution in [0.1, 0.15) is 59.3 Å². The van der Waals surface area contributed by atoms with Crippen molar-refractivity contribution in [3.63, 3.8) is 0 Å². The fourth-order valence-electron chi connectivity index (χ4n) is 4.75. The maximum atomic E-state index is 11.6. The number of unbranched alkanes of at least 4 members (excludes halogenated alkanes) is 1. The number of rotatable bonds is 8. The van der Waals surface area contributed by atoms with E-state index in [2.05, 4.69) is 41.2 Å². The molecule has 0 aliphatic carbocycles. The van der Waals surface area contributed by atoms with Gasteiger partial charge in [-0.2, -0.15) is 0 Å². The van der Waals surface area contributed by atoms with Gasteiger partial charge < -0.3 is 20.4 Å². The average Bonchev–Trinajstić information content (AvgIpc) is 2.66. The summed E-state index contributed by atoms with van der Waals surface area (Å²) in [7, 11) is 1.72. The molecule has 0 aromatic rings. The Morgan fingerprint density at radius 3 is 2.39 bits per heavy atom. The van der Waals surface area contributed by atoms with Crippen LogP contribution in [0, 0.1) is 17.8 Å². The zero-order valence-corrected chi connectivity index (χ0v) is 18.7. The molecular weight excluding hydrogens is 350 g/mol. The lowest BCUT2D eigenvalue weighted by Crippen LogP contribution is -2.46. The molecule has 2 N–H and O–H groups in total. The van der Waals surface area contributed by atoms with E-state index in [0.29, 0.717) is 12.3 Å². The summed E-state index contributed by atoms with van der Waals surface area (Å²) in [6, 6.07) is 0. The van der Waals surface area contributed by atoms with E-state index in [9.17, 15) is 4.79 Å². The van der Waals surface area contributed by atoms with Gasteiger partial charge in [0, 0.05) is 52.7 Å². The lowest BCUT2D eigenvalue weighted by Gasteiger charge is -2.35. The van der Waals surface area contributed by atoms with Gasteiger partial charge in [0.15, 0.2) is 5.96 Å². The SMILES string of the molecule is CCNC(=NCCCCN1CC(C)CC(C)C1)N1CCC(CC(=O)NC)CC1. The molecule has 2 unspecified atom stereocenters. The van der Waals surface area contributed by atoms with Crippen LogP contribution in [0.2, 0.25) is 0 Å². The number of carbonyl (C=O) groups excluding carboxylic acids is 1. The molecular formula is C22H43N5O. The zero-order chi connectivity index (χ0) is 20.4. The van der Waals surface area contributed by atoms with Crippen LogP contribution in [0.25, 0.3) is 0 Å². The van der Waals surface area contributed by atoms with E-state index in [0.717, 1.165) is 63.2 Å². The molecule has 2 heterocycles. The number of nitrogens with zero attached hydrogens (tertiary/aromatic N) is 3. The zero-order valence-electron chi connectivity index (χ0n) is 18.7. The molecule has 0 aromatic heterocycles. The highest BCUT2D eigenvalue weighted by molar-refractivity contribution is 5.80. The van der Waals surface area contributed by atoms with Crippen LogP contribution < -0.4 is 10.6 Å². The third-order valence-corrected chi connectivity index (χ3v) is 6.09. The van der Waals surface area contributed by atoms with E-state index in [4.69, 9.17) is 4.99 Å². The summed E-state index contributed by atoms with van der Waals surface area (Å²) in [5.41, 5.74) is 0. The van der Waals surface area contributed by atoms with Gasteiger partial charge in [-0.05, 0) is 63.3 Å². The van der Waals surface area contributed by atoms with Gasteiger partial charge in [0.2, 0.25) is 5.91 Å². The highest BCUT2D eigenvalue weighted by atomic mass is 16.1. The van der Waals surface area contributed by atoms with E-state index in [1.807, 2.05) is 0 Å². The summed E-state index contributed by atoms with van der Waals surface area (Å²) >= 11 is 0. The molecule has 0 aromatic carbocycles. The van der Waals surface area contributed by atoms with Crippen LogP contribution >= 0.6 is 0 Å². The molecule has 2 aliphatic rings. The van der Waals surface area contributed by atoms with Crippen molar-refractivity contribution in [3.05, 3.63) is 0 Å². The van der Waals surface area contributed by atoms with E-state index < -0.39 is 0 Å². The highest BCUT2D eigenvalue weighted by Gasteiger charge is 2.23. The summed E-state index contributed by atoms with van der Waals surface area (Å²) in [6.07, 6.45) is 6.57. The molecule has 2 fully saturated rings. The lowest BCUT2D eigenvalue weighted by molar-refractivity contribution is -0.121. The largest absolute Gasteiger partial charge is 0.359 e. The molecule has 1 amide bonds. The normalized spacial score (nSPS) is 25.0. The number of hydrogen-bond donors (Lipinski definition) is 2. The van der Waals surface area contributed by atoms with Crippen molar-refractivity contribution >= 4 is 11.9 Å². The van der Waals surface area contributed by atoms with Gasteiger partial charge in [-0.25, -0.2) is 0 Å². The summed E-state index contributed by atoms with van der Waals surface area (Å²) in [5, 5.41) is 6.20. The van der Waals surface area contributed by atoms with Crippen molar-refractivity contribution in [3.8, 4) is 0 Å². The van der Waals surface area contributed by atoms with E-state index >= 15 is 0 Å². The number of nitrogens with one attached hydrogen (secondary N) is 2. The predicted octanol–water partition coefficient (Wildman–Crippen LogP) is 2.56. The molecule has 2 atom stereocenters. The van der Waals surface area contributed by atoms with Crippen molar-refractivity contribution in [1.82, 2.24) is 20.4 Å². The van der Waals surface area contributed by atoms with E-state index in [1.165, 1.54) is 32.5 Å². The van der Waals surface area contributed by atoms with Gasteiger partial charge in [-0.15, -0.1) is 0 Å². The van der Waals surface area contributed by atoms with Crippen molar-refractivity contribution in [2.75, 3.05) is 52.9 Å². The first-order valence-corrected chi connectivity index (χ1v) is 11.5. The Hall–Kier alpha value is -1.30. The number of guanidine groups is 1. The number of hydrogen-bond acceptors (Lipinski definition) is 3. The van der Waals surface area contributed by atoms with Crippen molar-refractivity contribution < 1.29 is 4.79 Å². The summed E-state index contributed by atoms with van der Waals surface area (Å²) in [5.74, 6) is 3.41. The van der Waals surface area contributed by atoms with Crippen molar-refractivity contribution in [2.45, 2.75) is 59.3 Å². The maximum Gasteiger partial charge on any atom is 0.220 e. The Kier molecular flexibility index (Phi) is 10.1. The van der Waals surface area contributed by atoms with Crippen molar-refractivity contribution in [2.24, 2.45) is 22.7 Å². The summed E-state index contributed by atoms with van der Waals surface area (Å²) in [4.78, 5) is 21.5. The molecule has 28 heavy (non-hydrogen) atoms. The second-order valence-electron chi connectivity index (χ2n) is 8.96. The van der Waals surface area contributed by atoms with Crippen molar-refractivity contribution in [1.29, 1.82) is 0 Å². The minimum atomic E-state index is 0.163. The van der Waals surface area contributed by atoms with Crippen LogP contribution in [-0.4, -0.2) is 74.5 Å². The monoisotopic (exact) mass is 393 g/mol. The smallest absolute Gasteiger partial charge is 0.220 e. The minimum absolute atomic E-state index is 0.163. The number of likely N-dealkylation sites (tertiary alicyclic amines) is 2. The minimum Gasteiger partial charge on any atom is -0.359 e. The van der Waals surface area contributed by atoms with Crippen LogP contribution in [0.3, 0.4) is 0 Å². The molecule has 6 nitrogen and oxygen atoms in total. The number of amides is 1. The summed E-state index contributed by atoms with van der Waals surface area (Å²) < 4.78 is 0. The van der Waals surface area contributed by atoms with Gasteiger partial charge >= 0.3 is 0 Å².